The molecule has 0 saturated carbocycles. The van der Waals surface area contributed by atoms with Crippen LogP contribution in [0.5, 0.6) is 0 Å². The maximum Gasteiger partial charge on any atom is 0.258 e. The fourth-order valence-corrected chi connectivity index (χ4v) is 3.11. The van der Waals surface area contributed by atoms with Gasteiger partial charge < -0.3 is 25.6 Å². The molecule has 28 heavy (non-hydrogen) atoms. The molecule has 0 atom stereocenters. The largest absolute Gasteiger partial charge is 0.378 e. The van der Waals surface area contributed by atoms with Gasteiger partial charge in [0.1, 0.15) is 0 Å². The fourth-order valence-electron chi connectivity index (χ4n) is 3.11. The zero-order chi connectivity index (χ0) is 19.5. The van der Waals surface area contributed by atoms with Crippen molar-refractivity contribution >= 4 is 23.7 Å². The van der Waals surface area contributed by atoms with E-state index in [4.69, 9.17) is 10.5 Å². The Balaban J connectivity index is 1.72. The number of piperazine rings is 1. The number of ether oxygens (including phenoxy) is 1. The lowest BCUT2D eigenvalue weighted by atomic mass is 10.1. The number of hydrogen-bond donors (Lipinski definition) is 2. The van der Waals surface area contributed by atoms with Gasteiger partial charge in [-0.15, -0.1) is 0 Å². The predicted octanol–water partition coefficient (Wildman–Crippen LogP) is -1.08. The number of nitrogen functional groups attached to an aromatic ring is 1. The van der Waals surface area contributed by atoms with E-state index in [2.05, 4.69) is 25.3 Å². The molecule has 11 nitrogen and oxygen atoms in total. The lowest BCUT2D eigenvalue weighted by Gasteiger charge is -2.29. The van der Waals surface area contributed by atoms with Crippen LogP contribution in [0, 0.1) is 0 Å². The number of nitrogens with zero attached hydrogens (tertiary/aromatic N) is 6. The van der Waals surface area contributed by atoms with Crippen LogP contribution < -0.4 is 16.0 Å². The molecule has 4 rings (SSSR count). The summed E-state index contributed by atoms with van der Waals surface area (Å²) in [4.78, 5) is 45.2. The summed E-state index contributed by atoms with van der Waals surface area (Å²) < 4.78 is 5.37. The minimum absolute atomic E-state index is 0.00171. The first-order valence-corrected chi connectivity index (χ1v) is 8.95. The van der Waals surface area contributed by atoms with Gasteiger partial charge in [0.2, 0.25) is 17.8 Å². The smallest absolute Gasteiger partial charge is 0.258 e. The maximum absolute atomic E-state index is 13.1. The van der Waals surface area contributed by atoms with Gasteiger partial charge in [-0.25, -0.2) is 19.9 Å². The molecule has 0 bridgehead atoms. The van der Waals surface area contributed by atoms with E-state index in [1.165, 1.54) is 23.5 Å². The molecule has 2 aromatic rings. The van der Waals surface area contributed by atoms with Gasteiger partial charge in [-0.05, 0) is 0 Å². The van der Waals surface area contributed by atoms with Crippen molar-refractivity contribution in [1.82, 2.24) is 30.2 Å². The molecule has 0 aliphatic carbocycles. The molecule has 0 unspecified atom stereocenters. The number of carbonyl (C=O) groups is 2. The second-order valence-corrected chi connectivity index (χ2v) is 6.44. The van der Waals surface area contributed by atoms with Crippen LogP contribution in [0.25, 0.3) is 11.3 Å². The van der Waals surface area contributed by atoms with Gasteiger partial charge in [0.15, 0.2) is 0 Å². The first-order valence-electron chi connectivity index (χ1n) is 8.95. The molecule has 0 radical (unpaired) electrons. The third-order valence-corrected chi connectivity index (χ3v) is 4.57. The third kappa shape index (κ3) is 3.69. The number of rotatable bonds is 3. The monoisotopic (exact) mass is 384 g/mol. The van der Waals surface area contributed by atoms with Crippen molar-refractivity contribution in [3.63, 3.8) is 0 Å². The highest BCUT2D eigenvalue weighted by atomic mass is 16.5. The second-order valence-electron chi connectivity index (χ2n) is 6.44. The van der Waals surface area contributed by atoms with E-state index in [1.54, 1.807) is 0 Å². The molecule has 2 fully saturated rings. The van der Waals surface area contributed by atoms with Gasteiger partial charge in [0, 0.05) is 50.3 Å². The van der Waals surface area contributed by atoms with Gasteiger partial charge in [-0.2, -0.15) is 0 Å². The molecule has 2 aliphatic rings. The first kappa shape index (κ1) is 18.0. The van der Waals surface area contributed by atoms with Crippen molar-refractivity contribution < 1.29 is 14.3 Å². The van der Waals surface area contributed by atoms with E-state index >= 15 is 0 Å². The summed E-state index contributed by atoms with van der Waals surface area (Å²) in [5.41, 5.74) is 6.84. The van der Waals surface area contributed by atoms with Crippen LogP contribution in [0.3, 0.4) is 0 Å². The molecule has 11 heteroatoms. The maximum atomic E-state index is 13.1. The van der Waals surface area contributed by atoms with E-state index in [1.807, 2.05) is 4.90 Å². The van der Waals surface area contributed by atoms with Crippen LogP contribution in [-0.4, -0.2) is 82.6 Å². The second kappa shape index (κ2) is 7.72. The van der Waals surface area contributed by atoms with E-state index in [0.717, 1.165) is 0 Å². The standard InChI is InChI=1S/C17H20N8O3/c18-16-20-7-11(8-21-16)14-12(15(27)25-2-1-19-13(26)10-25)9-22-17(23-14)24-3-5-28-6-4-24/h7-9H,1-6,10H2,(H,19,26)(H2,18,20,21). The van der Waals surface area contributed by atoms with E-state index in [-0.39, 0.29) is 24.3 Å². The highest BCUT2D eigenvalue weighted by Crippen LogP contribution is 2.24. The summed E-state index contributed by atoms with van der Waals surface area (Å²) in [6.07, 6.45) is 4.54. The normalized spacial score (nSPS) is 17.4. The molecule has 0 spiro atoms. The highest BCUT2D eigenvalue weighted by molar-refractivity contribution is 6.01. The molecule has 2 saturated heterocycles. The molecule has 2 amide bonds. The molecular formula is C17H20N8O3. The molecule has 0 aromatic carbocycles. The highest BCUT2D eigenvalue weighted by Gasteiger charge is 2.27. The molecule has 146 valence electrons. The lowest BCUT2D eigenvalue weighted by Crippen LogP contribution is -2.50. The Bertz CT molecular complexity index is 882. The van der Waals surface area contributed by atoms with Crippen molar-refractivity contribution in [2.45, 2.75) is 0 Å². The van der Waals surface area contributed by atoms with Crippen LogP contribution in [0.2, 0.25) is 0 Å². The van der Waals surface area contributed by atoms with E-state index < -0.39 is 0 Å². The number of nitrogens with one attached hydrogen (secondary N) is 1. The molecule has 2 aliphatic heterocycles. The first-order chi connectivity index (χ1) is 13.6. The van der Waals surface area contributed by atoms with Crippen LogP contribution in [0.4, 0.5) is 11.9 Å². The Kier molecular flexibility index (Phi) is 4.98. The molecule has 2 aromatic heterocycles. The third-order valence-electron chi connectivity index (χ3n) is 4.57. The summed E-state index contributed by atoms with van der Waals surface area (Å²) >= 11 is 0. The zero-order valence-corrected chi connectivity index (χ0v) is 15.2. The van der Waals surface area contributed by atoms with Crippen molar-refractivity contribution in [1.29, 1.82) is 0 Å². The Labute approximate surface area is 160 Å². The zero-order valence-electron chi connectivity index (χ0n) is 15.2. The summed E-state index contributed by atoms with van der Waals surface area (Å²) in [7, 11) is 0. The van der Waals surface area contributed by atoms with E-state index in [9.17, 15) is 9.59 Å². The van der Waals surface area contributed by atoms with Crippen LogP contribution in [-0.2, 0) is 9.53 Å². The number of hydrogen-bond acceptors (Lipinski definition) is 9. The Morgan fingerprint density at radius 2 is 1.86 bits per heavy atom. The number of carbonyl (C=O) groups excluding carboxylic acids is 2. The Morgan fingerprint density at radius 3 is 2.57 bits per heavy atom. The van der Waals surface area contributed by atoms with Crippen molar-refractivity contribution in [2.75, 3.05) is 56.6 Å². The van der Waals surface area contributed by atoms with Crippen molar-refractivity contribution in [3.05, 3.63) is 24.2 Å². The van der Waals surface area contributed by atoms with Gasteiger partial charge in [0.25, 0.3) is 5.91 Å². The number of nitrogens with two attached hydrogens (primary N) is 1. The fraction of sp³-hybridized carbons (Fsp3) is 0.412. The quantitative estimate of drug-likeness (QED) is 0.676. The SMILES string of the molecule is Nc1ncc(-c2nc(N3CCOCC3)ncc2C(=O)N2CCNC(=O)C2)cn1. The van der Waals surface area contributed by atoms with Gasteiger partial charge >= 0.3 is 0 Å². The summed E-state index contributed by atoms with van der Waals surface area (Å²) in [5, 5.41) is 2.71. The molecular weight excluding hydrogens is 364 g/mol. The minimum atomic E-state index is -0.310. The summed E-state index contributed by atoms with van der Waals surface area (Å²) in [5.74, 6) is 0.132. The average Bonchev–Trinajstić information content (AvgIpc) is 2.74. The average molecular weight is 384 g/mol. The van der Waals surface area contributed by atoms with Crippen molar-refractivity contribution in [2.24, 2.45) is 0 Å². The van der Waals surface area contributed by atoms with Gasteiger partial charge in [-0.3, -0.25) is 9.59 Å². The molecule has 4 heterocycles. The van der Waals surface area contributed by atoms with Crippen LogP contribution >= 0.6 is 0 Å². The number of anilines is 2. The Morgan fingerprint density at radius 1 is 1.11 bits per heavy atom. The topological polar surface area (TPSA) is 139 Å². The summed E-state index contributed by atoms with van der Waals surface area (Å²) in [6, 6.07) is 0. The van der Waals surface area contributed by atoms with Crippen LogP contribution in [0.15, 0.2) is 18.6 Å². The minimum Gasteiger partial charge on any atom is -0.378 e. The van der Waals surface area contributed by atoms with Gasteiger partial charge in [-0.1, -0.05) is 0 Å². The number of aromatic nitrogens is 4. The lowest BCUT2D eigenvalue weighted by molar-refractivity contribution is -0.123. The molecule has 3 N–H and O–H groups in total. The Hall–Kier alpha value is -3.34. The summed E-state index contributed by atoms with van der Waals surface area (Å²) in [6.45, 7) is 3.35. The number of amides is 2. The van der Waals surface area contributed by atoms with Crippen molar-refractivity contribution in [3.8, 4) is 11.3 Å². The van der Waals surface area contributed by atoms with Crippen LogP contribution in [0.1, 0.15) is 10.4 Å². The number of morpholine rings is 1. The predicted molar refractivity (Wildman–Crippen MR) is 99.4 cm³/mol. The van der Waals surface area contributed by atoms with E-state index in [0.29, 0.717) is 62.2 Å². The van der Waals surface area contributed by atoms with Gasteiger partial charge in [0.05, 0.1) is 31.0 Å².